The van der Waals surface area contributed by atoms with E-state index in [2.05, 4.69) is 34.3 Å². The first kappa shape index (κ1) is 15.2. The van der Waals surface area contributed by atoms with Gasteiger partial charge in [-0.1, -0.05) is 6.92 Å². The van der Waals surface area contributed by atoms with E-state index in [1.54, 1.807) is 14.2 Å². The monoisotopic (exact) mass is 279 g/mol. The van der Waals surface area contributed by atoms with Crippen LogP contribution in [-0.4, -0.2) is 51.0 Å². The van der Waals surface area contributed by atoms with Crippen molar-refractivity contribution in [3.05, 3.63) is 23.4 Å². The summed E-state index contributed by atoms with van der Waals surface area (Å²) in [6.07, 6.45) is 0.221. The highest BCUT2D eigenvalue weighted by molar-refractivity contribution is 5.44. The van der Waals surface area contributed by atoms with Crippen LogP contribution in [0, 0.1) is 6.92 Å². The predicted octanol–water partition coefficient (Wildman–Crippen LogP) is 1.35. The van der Waals surface area contributed by atoms with E-state index in [0.29, 0.717) is 0 Å². The molecule has 1 fully saturated rings. The van der Waals surface area contributed by atoms with Gasteiger partial charge in [0.25, 0.3) is 0 Å². The second-order valence-electron chi connectivity index (χ2n) is 5.21. The van der Waals surface area contributed by atoms with Crippen molar-refractivity contribution >= 4 is 5.82 Å². The van der Waals surface area contributed by atoms with Crippen LogP contribution in [0.25, 0.3) is 0 Å². The Bertz CT molecular complexity index is 427. The molecule has 0 bridgehead atoms. The van der Waals surface area contributed by atoms with Crippen molar-refractivity contribution in [2.75, 3.05) is 38.8 Å². The maximum absolute atomic E-state index is 5.48. The predicted molar refractivity (Wildman–Crippen MR) is 80.2 cm³/mol. The first-order valence-electron chi connectivity index (χ1n) is 7.16. The molecule has 112 valence electrons. The molecule has 20 heavy (non-hydrogen) atoms. The quantitative estimate of drug-likeness (QED) is 0.852. The average molecular weight is 279 g/mol. The van der Waals surface area contributed by atoms with E-state index < -0.39 is 0 Å². The molecule has 2 heterocycles. The van der Waals surface area contributed by atoms with Crippen LogP contribution in [0.5, 0.6) is 0 Å². The lowest BCUT2D eigenvalue weighted by atomic mass is 10.2. The van der Waals surface area contributed by atoms with E-state index in [4.69, 9.17) is 9.47 Å². The molecule has 5 nitrogen and oxygen atoms in total. The van der Waals surface area contributed by atoms with Crippen molar-refractivity contribution in [3.8, 4) is 0 Å². The van der Waals surface area contributed by atoms with E-state index in [0.717, 1.165) is 37.7 Å². The van der Waals surface area contributed by atoms with Crippen LogP contribution < -0.4 is 10.2 Å². The molecule has 0 amide bonds. The second kappa shape index (κ2) is 7.02. The summed E-state index contributed by atoms with van der Waals surface area (Å²) in [6.45, 7) is 7.65. The van der Waals surface area contributed by atoms with Gasteiger partial charge in [-0.15, -0.1) is 0 Å². The third-order valence-electron chi connectivity index (χ3n) is 3.72. The SMILES string of the molecule is CCNCc1cc(C)nc(N2CC(OC)C(OC)C2)c1. The number of aryl methyl sites for hydroxylation is 1. The number of nitrogens with zero attached hydrogens (tertiary/aromatic N) is 2. The third kappa shape index (κ3) is 3.48. The lowest BCUT2D eigenvalue weighted by molar-refractivity contribution is -0.00461. The van der Waals surface area contributed by atoms with Crippen LogP contribution in [0.1, 0.15) is 18.2 Å². The Kier molecular flexibility index (Phi) is 5.34. The van der Waals surface area contributed by atoms with Crippen LogP contribution in [0.15, 0.2) is 12.1 Å². The van der Waals surface area contributed by atoms with E-state index in [-0.39, 0.29) is 12.2 Å². The van der Waals surface area contributed by atoms with Gasteiger partial charge >= 0.3 is 0 Å². The molecule has 1 aliphatic rings. The Balaban J connectivity index is 2.14. The zero-order valence-electron chi connectivity index (χ0n) is 12.8. The Labute approximate surface area is 121 Å². The molecule has 0 aromatic carbocycles. The summed E-state index contributed by atoms with van der Waals surface area (Å²) in [4.78, 5) is 6.89. The van der Waals surface area contributed by atoms with Gasteiger partial charge in [-0.25, -0.2) is 4.98 Å². The molecule has 1 aromatic heterocycles. The van der Waals surface area contributed by atoms with Crippen molar-refractivity contribution < 1.29 is 9.47 Å². The minimum absolute atomic E-state index is 0.111. The van der Waals surface area contributed by atoms with E-state index in [1.807, 2.05) is 6.92 Å². The van der Waals surface area contributed by atoms with E-state index in [9.17, 15) is 0 Å². The molecule has 0 radical (unpaired) electrons. The minimum Gasteiger partial charge on any atom is -0.377 e. The first-order chi connectivity index (χ1) is 9.67. The largest absolute Gasteiger partial charge is 0.377 e. The molecule has 2 unspecified atom stereocenters. The summed E-state index contributed by atoms with van der Waals surface area (Å²) in [6, 6.07) is 4.28. The number of anilines is 1. The van der Waals surface area contributed by atoms with Crippen molar-refractivity contribution in [1.29, 1.82) is 0 Å². The highest BCUT2D eigenvalue weighted by Crippen LogP contribution is 2.23. The average Bonchev–Trinajstić information content (AvgIpc) is 2.88. The van der Waals surface area contributed by atoms with Gasteiger partial charge in [-0.05, 0) is 31.2 Å². The lowest BCUT2D eigenvalue weighted by Crippen LogP contribution is -2.27. The van der Waals surface area contributed by atoms with Crippen molar-refractivity contribution in [2.45, 2.75) is 32.6 Å². The maximum Gasteiger partial charge on any atom is 0.129 e. The van der Waals surface area contributed by atoms with Crippen LogP contribution in [-0.2, 0) is 16.0 Å². The summed E-state index contributed by atoms with van der Waals surface area (Å²) in [5.41, 5.74) is 2.31. The number of hydrogen-bond acceptors (Lipinski definition) is 5. The Morgan fingerprint density at radius 3 is 2.45 bits per heavy atom. The minimum atomic E-state index is 0.111. The molecule has 1 saturated heterocycles. The van der Waals surface area contributed by atoms with Crippen LogP contribution in [0.3, 0.4) is 0 Å². The number of ether oxygens (including phenoxy) is 2. The molecular weight excluding hydrogens is 254 g/mol. The van der Waals surface area contributed by atoms with Gasteiger partial charge < -0.3 is 19.7 Å². The van der Waals surface area contributed by atoms with Gasteiger partial charge in [0.2, 0.25) is 0 Å². The zero-order chi connectivity index (χ0) is 14.5. The summed E-state index contributed by atoms with van der Waals surface area (Å²) in [5, 5.41) is 3.35. The molecule has 2 atom stereocenters. The van der Waals surface area contributed by atoms with E-state index >= 15 is 0 Å². The Morgan fingerprint density at radius 1 is 1.25 bits per heavy atom. The molecule has 0 spiro atoms. The highest BCUT2D eigenvalue weighted by Gasteiger charge is 2.33. The topological polar surface area (TPSA) is 46.6 Å². The fourth-order valence-corrected chi connectivity index (χ4v) is 2.64. The smallest absolute Gasteiger partial charge is 0.129 e. The number of rotatable bonds is 6. The number of methoxy groups -OCH3 is 2. The molecule has 1 N–H and O–H groups in total. The van der Waals surface area contributed by atoms with Gasteiger partial charge in [0.05, 0.1) is 0 Å². The van der Waals surface area contributed by atoms with Crippen LogP contribution in [0.4, 0.5) is 5.82 Å². The van der Waals surface area contributed by atoms with Crippen molar-refractivity contribution in [1.82, 2.24) is 10.3 Å². The van der Waals surface area contributed by atoms with Crippen LogP contribution >= 0.6 is 0 Å². The third-order valence-corrected chi connectivity index (χ3v) is 3.72. The Hall–Kier alpha value is -1.17. The van der Waals surface area contributed by atoms with Gasteiger partial charge in [0.15, 0.2) is 0 Å². The molecule has 0 aliphatic carbocycles. The summed E-state index contributed by atoms with van der Waals surface area (Å²) >= 11 is 0. The first-order valence-corrected chi connectivity index (χ1v) is 7.16. The summed E-state index contributed by atoms with van der Waals surface area (Å²) in [5.74, 6) is 1.01. The van der Waals surface area contributed by atoms with Crippen molar-refractivity contribution in [3.63, 3.8) is 0 Å². The van der Waals surface area contributed by atoms with Gasteiger partial charge in [-0.3, -0.25) is 0 Å². The van der Waals surface area contributed by atoms with E-state index in [1.165, 1.54) is 5.56 Å². The zero-order valence-corrected chi connectivity index (χ0v) is 12.8. The maximum atomic E-state index is 5.48. The highest BCUT2D eigenvalue weighted by atomic mass is 16.5. The lowest BCUT2D eigenvalue weighted by Gasteiger charge is -2.18. The molecule has 2 rings (SSSR count). The second-order valence-corrected chi connectivity index (χ2v) is 5.21. The van der Waals surface area contributed by atoms with Gasteiger partial charge in [0.1, 0.15) is 18.0 Å². The number of hydrogen-bond donors (Lipinski definition) is 1. The summed E-state index contributed by atoms with van der Waals surface area (Å²) < 4.78 is 11.0. The fourth-order valence-electron chi connectivity index (χ4n) is 2.64. The molecular formula is C15H25N3O2. The molecule has 1 aromatic rings. The number of pyridine rings is 1. The standard InChI is InChI=1S/C15H25N3O2/c1-5-16-8-12-6-11(2)17-15(7-12)18-9-13(19-3)14(10-18)20-4/h6-7,13-14,16H,5,8-10H2,1-4H3. The molecule has 0 saturated carbocycles. The normalized spacial score (nSPS) is 22.5. The fraction of sp³-hybridized carbons (Fsp3) is 0.667. The number of aromatic nitrogens is 1. The van der Waals surface area contributed by atoms with Gasteiger partial charge in [-0.2, -0.15) is 0 Å². The molecule has 1 aliphatic heterocycles. The van der Waals surface area contributed by atoms with Crippen LogP contribution in [0.2, 0.25) is 0 Å². The summed E-state index contributed by atoms with van der Waals surface area (Å²) in [7, 11) is 3.47. The van der Waals surface area contributed by atoms with Crippen molar-refractivity contribution in [2.24, 2.45) is 0 Å². The Morgan fingerprint density at radius 2 is 1.90 bits per heavy atom. The molecule has 5 heteroatoms. The number of nitrogens with one attached hydrogen (secondary N) is 1. The van der Waals surface area contributed by atoms with Gasteiger partial charge in [0, 0.05) is 39.5 Å².